The minimum atomic E-state index is 0.188. The maximum Gasteiger partial charge on any atom is 0.225 e. The lowest BCUT2D eigenvalue weighted by atomic mass is 9.81. The van der Waals surface area contributed by atoms with E-state index in [9.17, 15) is 4.79 Å². The van der Waals surface area contributed by atoms with Gasteiger partial charge in [0.25, 0.3) is 0 Å². The zero-order chi connectivity index (χ0) is 12.3. The number of morpholine rings is 1. The fraction of sp³-hybridized carbons (Fsp3) is 0.923. The smallest absolute Gasteiger partial charge is 0.225 e. The molecule has 1 amide bonds. The highest BCUT2D eigenvalue weighted by atomic mass is 16.5. The van der Waals surface area contributed by atoms with Crippen molar-refractivity contribution in [1.82, 2.24) is 4.90 Å². The van der Waals surface area contributed by atoms with Gasteiger partial charge in [0.05, 0.1) is 12.7 Å². The van der Waals surface area contributed by atoms with E-state index in [1.807, 2.05) is 11.8 Å². The van der Waals surface area contributed by atoms with Crippen LogP contribution < -0.4 is 5.73 Å². The molecule has 4 heteroatoms. The summed E-state index contributed by atoms with van der Waals surface area (Å²) < 4.78 is 5.47. The van der Waals surface area contributed by atoms with E-state index in [-0.39, 0.29) is 12.0 Å². The van der Waals surface area contributed by atoms with Gasteiger partial charge in [-0.2, -0.15) is 0 Å². The summed E-state index contributed by atoms with van der Waals surface area (Å²) in [5.41, 5.74) is 5.67. The molecular weight excluding hydrogens is 216 g/mol. The SMILES string of the molecule is CC1CN(C(=O)C2CCC(CN)CC2)CCO1. The van der Waals surface area contributed by atoms with Crippen molar-refractivity contribution in [3.63, 3.8) is 0 Å². The average molecular weight is 240 g/mol. The number of hydrogen-bond donors (Lipinski definition) is 1. The molecule has 0 spiro atoms. The van der Waals surface area contributed by atoms with E-state index in [0.717, 1.165) is 45.3 Å². The van der Waals surface area contributed by atoms with Crippen molar-refractivity contribution >= 4 is 5.91 Å². The molecular formula is C13H24N2O2. The Hall–Kier alpha value is -0.610. The number of carbonyl (C=O) groups excluding carboxylic acids is 1. The Kier molecular flexibility index (Phi) is 4.40. The van der Waals surface area contributed by atoms with Gasteiger partial charge in [-0.1, -0.05) is 0 Å². The molecule has 0 bridgehead atoms. The Balaban J connectivity index is 1.83. The lowest BCUT2D eigenvalue weighted by molar-refractivity contribution is -0.143. The van der Waals surface area contributed by atoms with E-state index in [2.05, 4.69) is 0 Å². The molecule has 2 rings (SSSR count). The second-order valence-electron chi connectivity index (χ2n) is 5.42. The molecule has 1 heterocycles. The van der Waals surface area contributed by atoms with Crippen molar-refractivity contribution < 1.29 is 9.53 Å². The second kappa shape index (κ2) is 5.83. The van der Waals surface area contributed by atoms with E-state index in [1.54, 1.807) is 0 Å². The van der Waals surface area contributed by atoms with Crippen LogP contribution in [0.25, 0.3) is 0 Å². The van der Waals surface area contributed by atoms with E-state index in [1.165, 1.54) is 0 Å². The van der Waals surface area contributed by atoms with E-state index in [0.29, 0.717) is 18.4 Å². The molecule has 1 saturated heterocycles. The first kappa shape index (κ1) is 12.8. The molecule has 0 aromatic heterocycles. The maximum absolute atomic E-state index is 12.3. The van der Waals surface area contributed by atoms with Gasteiger partial charge >= 0.3 is 0 Å². The maximum atomic E-state index is 12.3. The number of amides is 1. The number of nitrogens with two attached hydrogens (primary N) is 1. The molecule has 1 aliphatic heterocycles. The monoisotopic (exact) mass is 240 g/mol. The van der Waals surface area contributed by atoms with Crippen LogP contribution in [0, 0.1) is 11.8 Å². The first-order valence-electron chi connectivity index (χ1n) is 6.81. The van der Waals surface area contributed by atoms with Gasteiger partial charge in [0.15, 0.2) is 0 Å². The Morgan fingerprint density at radius 3 is 2.65 bits per heavy atom. The zero-order valence-corrected chi connectivity index (χ0v) is 10.7. The standard InChI is InChI=1S/C13H24N2O2/c1-10-9-15(6-7-17-10)13(16)12-4-2-11(8-14)3-5-12/h10-12H,2-9,14H2,1H3. The summed E-state index contributed by atoms with van der Waals surface area (Å²) in [6.07, 6.45) is 4.46. The third-order valence-corrected chi connectivity index (χ3v) is 4.08. The molecule has 0 aromatic rings. The Morgan fingerprint density at radius 2 is 2.06 bits per heavy atom. The molecule has 2 fully saturated rings. The third kappa shape index (κ3) is 3.19. The van der Waals surface area contributed by atoms with Gasteiger partial charge in [0, 0.05) is 19.0 Å². The highest BCUT2D eigenvalue weighted by molar-refractivity contribution is 5.79. The summed E-state index contributed by atoms with van der Waals surface area (Å²) in [5, 5.41) is 0. The lowest BCUT2D eigenvalue weighted by Crippen LogP contribution is -2.47. The van der Waals surface area contributed by atoms with Gasteiger partial charge in [-0.25, -0.2) is 0 Å². The van der Waals surface area contributed by atoms with Crippen LogP contribution in [-0.2, 0) is 9.53 Å². The predicted octanol–water partition coefficient (Wildman–Crippen LogP) is 0.999. The summed E-state index contributed by atoms with van der Waals surface area (Å²) >= 11 is 0. The van der Waals surface area contributed by atoms with Crippen molar-refractivity contribution in [3.05, 3.63) is 0 Å². The van der Waals surface area contributed by atoms with E-state index in [4.69, 9.17) is 10.5 Å². The molecule has 1 unspecified atom stereocenters. The van der Waals surface area contributed by atoms with Crippen LogP contribution in [0.2, 0.25) is 0 Å². The largest absolute Gasteiger partial charge is 0.375 e. The van der Waals surface area contributed by atoms with Crippen molar-refractivity contribution in [3.8, 4) is 0 Å². The summed E-state index contributed by atoms with van der Waals surface area (Å²) in [6.45, 7) is 5.01. The Bertz CT molecular complexity index is 262. The first-order valence-corrected chi connectivity index (χ1v) is 6.81. The zero-order valence-electron chi connectivity index (χ0n) is 10.7. The van der Waals surface area contributed by atoms with Gasteiger partial charge in [-0.15, -0.1) is 0 Å². The third-order valence-electron chi connectivity index (χ3n) is 4.08. The molecule has 2 N–H and O–H groups in total. The highest BCUT2D eigenvalue weighted by Crippen LogP contribution is 2.29. The van der Waals surface area contributed by atoms with Gasteiger partial charge in [0.2, 0.25) is 5.91 Å². The summed E-state index contributed by atoms with van der Waals surface area (Å²) in [7, 11) is 0. The minimum Gasteiger partial charge on any atom is -0.375 e. The van der Waals surface area contributed by atoms with Gasteiger partial charge in [0.1, 0.15) is 0 Å². The number of hydrogen-bond acceptors (Lipinski definition) is 3. The first-order chi connectivity index (χ1) is 8.20. The summed E-state index contributed by atoms with van der Waals surface area (Å²) in [6, 6.07) is 0. The van der Waals surface area contributed by atoms with Crippen LogP contribution in [0.5, 0.6) is 0 Å². The minimum absolute atomic E-state index is 0.188. The Morgan fingerprint density at radius 1 is 1.35 bits per heavy atom. The van der Waals surface area contributed by atoms with Crippen molar-refractivity contribution in [2.24, 2.45) is 17.6 Å². The number of ether oxygens (including phenoxy) is 1. The number of rotatable bonds is 2. The van der Waals surface area contributed by atoms with Crippen LogP contribution in [-0.4, -0.2) is 43.2 Å². The lowest BCUT2D eigenvalue weighted by Gasteiger charge is -2.35. The molecule has 4 nitrogen and oxygen atoms in total. The quantitative estimate of drug-likeness (QED) is 0.783. The topological polar surface area (TPSA) is 55.6 Å². The average Bonchev–Trinajstić information content (AvgIpc) is 2.38. The molecule has 1 atom stereocenters. The van der Waals surface area contributed by atoms with E-state index >= 15 is 0 Å². The normalized spacial score (nSPS) is 34.7. The molecule has 1 saturated carbocycles. The molecule has 0 radical (unpaired) electrons. The Labute approximate surface area is 103 Å². The van der Waals surface area contributed by atoms with Crippen LogP contribution in [0.3, 0.4) is 0 Å². The van der Waals surface area contributed by atoms with Gasteiger partial charge in [-0.05, 0) is 45.1 Å². The summed E-state index contributed by atoms with van der Waals surface area (Å²) in [5.74, 6) is 1.22. The molecule has 2 aliphatic rings. The molecule has 0 aromatic carbocycles. The molecule has 17 heavy (non-hydrogen) atoms. The second-order valence-corrected chi connectivity index (χ2v) is 5.42. The van der Waals surface area contributed by atoms with E-state index < -0.39 is 0 Å². The van der Waals surface area contributed by atoms with Crippen LogP contribution in [0.15, 0.2) is 0 Å². The fourth-order valence-corrected chi connectivity index (χ4v) is 2.92. The number of carbonyl (C=O) groups is 1. The highest BCUT2D eigenvalue weighted by Gasteiger charge is 2.30. The van der Waals surface area contributed by atoms with Crippen LogP contribution >= 0.6 is 0 Å². The van der Waals surface area contributed by atoms with Crippen molar-refractivity contribution in [1.29, 1.82) is 0 Å². The number of nitrogens with zero attached hydrogens (tertiary/aromatic N) is 1. The van der Waals surface area contributed by atoms with Crippen LogP contribution in [0.1, 0.15) is 32.6 Å². The van der Waals surface area contributed by atoms with Crippen LogP contribution in [0.4, 0.5) is 0 Å². The van der Waals surface area contributed by atoms with Crippen molar-refractivity contribution in [2.45, 2.75) is 38.7 Å². The predicted molar refractivity (Wildman–Crippen MR) is 66.5 cm³/mol. The summed E-state index contributed by atoms with van der Waals surface area (Å²) in [4.78, 5) is 14.3. The fourth-order valence-electron chi connectivity index (χ4n) is 2.92. The van der Waals surface area contributed by atoms with Crippen molar-refractivity contribution in [2.75, 3.05) is 26.2 Å². The molecule has 98 valence electrons. The van der Waals surface area contributed by atoms with Gasteiger partial charge in [-0.3, -0.25) is 4.79 Å². The molecule has 1 aliphatic carbocycles. The van der Waals surface area contributed by atoms with Gasteiger partial charge < -0.3 is 15.4 Å².